The molecule has 0 spiro atoms. The Bertz CT molecular complexity index is 684. The van der Waals surface area contributed by atoms with E-state index in [9.17, 15) is 4.79 Å². The Morgan fingerprint density at radius 3 is 2.57 bits per heavy atom. The Morgan fingerprint density at radius 2 is 2.00 bits per heavy atom. The molecular weight excluding hydrogens is 290 g/mol. The number of nitrogens with zero attached hydrogens (tertiary/aromatic N) is 3. The van der Waals surface area contributed by atoms with Crippen LogP contribution in [-0.4, -0.2) is 34.1 Å². The van der Waals surface area contributed by atoms with Crippen LogP contribution in [0.3, 0.4) is 0 Å². The SMILES string of the molecule is CN(c1ncc(C(=O)O)nc1-c1ccc(Cl)cc1)C1CC1. The van der Waals surface area contributed by atoms with Gasteiger partial charge in [-0.25, -0.2) is 14.8 Å². The smallest absolute Gasteiger partial charge is 0.356 e. The predicted molar refractivity (Wildman–Crippen MR) is 80.9 cm³/mol. The van der Waals surface area contributed by atoms with Crippen molar-refractivity contribution in [3.05, 3.63) is 41.2 Å². The van der Waals surface area contributed by atoms with E-state index in [2.05, 4.69) is 14.9 Å². The molecule has 21 heavy (non-hydrogen) atoms. The van der Waals surface area contributed by atoms with E-state index in [1.807, 2.05) is 19.2 Å². The largest absolute Gasteiger partial charge is 0.476 e. The van der Waals surface area contributed by atoms with Crippen LogP contribution < -0.4 is 4.90 Å². The molecule has 1 aromatic carbocycles. The predicted octanol–water partition coefficient (Wildman–Crippen LogP) is 3.09. The second-order valence-corrected chi connectivity index (χ2v) is 5.52. The Labute approximate surface area is 127 Å². The summed E-state index contributed by atoms with van der Waals surface area (Å²) >= 11 is 5.90. The van der Waals surface area contributed by atoms with Crippen LogP contribution in [0.1, 0.15) is 23.3 Å². The van der Waals surface area contributed by atoms with E-state index < -0.39 is 5.97 Å². The summed E-state index contributed by atoms with van der Waals surface area (Å²) in [6.45, 7) is 0. The van der Waals surface area contributed by atoms with Crippen molar-refractivity contribution < 1.29 is 9.90 Å². The molecule has 6 heteroatoms. The van der Waals surface area contributed by atoms with Gasteiger partial charge in [-0.1, -0.05) is 23.7 Å². The monoisotopic (exact) mass is 303 g/mol. The molecular formula is C15H14ClN3O2. The number of carboxylic acid groups (broad SMARTS) is 1. The number of aromatic nitrogens is 2. The van der Waals surface area contributed by atoms with E-state index >= 15 is 0 Å². The highest BCUT2D eigenvalue weighted by atomic mass is 35.5. The molecule has 0 amide bonds. The molecule has 2 aromatic rings. The molecule has 0 aliphatic heterocycles. The molecule has 1 N–H and O–H groups in total. The maximum atomic E-state index is 11.1. The van der Waals surface area contributed by atoms with Crippen LogP contribution in [0.2, 0.25) is 5.02 Å². The molecule has 1 saturated carbocycles. The lowest BCUT2D eigenvalue weighted by molar-refractivity contribution is 0.0690. The first-order valence-electron chi connectivity index (χ1n) is 6.65. The molecule has 0 radical (unpaired) electrons. The molecule has 5 nitrogen and oxygen atoms in total. The van der Waals surface area contributed by atoms with Crippen LogP contribution in [-0.2, 0) is 0 Å². The van der Waals surface area contributed by atoms with Gasteiger partial charge in [0.15, 0.2) is 11.5 Å². The minimum atomic E-state index is -1.08. The number of hydrogen-bond acceptors (Lipinski definition) is 4. The number of rotatable bonds is 4. The summed E-state index contributed by atoms with van der Waals surface area (Å²) < 4.78 is 0. The minimum absolute atomic E-state index is 0.0621. The van der Waals surface area contributed by atoms with Gasteiger partial charge >= 0.3 is 5.97 Å². The van der Waals surface area contributed by atoms with E-state index in [-0.39, 0.29) is 5.69 Å². The van der Waals surface area contributed by atoms with Crippen LogP contribution in [0.25, 0.3) is 11.3 Å². The molecule has 108 valence electrons. The van der Waals surface area contributed by atoms with Gasteiger partial charge in [-0.15, -0.1) is 0 Å². The third kappa shape index (κ3) is 2.83. The summed E-state index contributed by atoms with van der Waals surface area (Å²) in [7, 11) is 1.96. The first-order valence-corrected chi connectivity index (χ1v) is 7.03. The van der Waals surface area contributed by atoms with Crippen molar-refractivity contribution in [2.45, 2.75) is 18.9 Å². The summed E-state index contributed by atoms with van der Waals surface area (Å²) in [5.74, 6) is -0.386. The Hall–Kier alpha value is -2.14. The summed E-state index contributed by atoms with van der Waals surface area (Å²) in [6, 6.07) is 7.62. The molecule has 1 fully saturated rings. The van der Waals surface area contributed by atoms with E-state index in [1.54, 1.807) is 12.1 Å². The average molecular weight is 304 g/mol. The van der Waals surface area contributed by atoms with E-state index in [0.29, 0.717) is 22.6 Å². The van der Waals surface area contributed by atoms with E-state index in [1.165, 1.54) is 6.20 Å². The van der Waals surface area contributed by atoms with Crippen LogP contribution in [0, 0.1) is 0 Å². The van der Waals surface area contributed by atoms with E-state index in [4.69, 9.17) is 16.7 Å². The van der Waals surface area contributed by atoms with Crippen molar-refractivity contribution in [3.8, 4) is 11.3 Å². The summed E-state index contributed by atoms with van der Waals surface area (Å²) in [6.07, 6.45) is 3.55. The van der Waals surface area contributed by atoms with Gasteiger partial charge < -0.3 is 10.0 Å². The fourth-order valence-corrected chi connectivity index (χ4v) is 2.31. The lowest BCUT2D eigenvalue weighted by atomic mass is 10.1. The standard InChI is InChI=1S/C15H14ClN3O2/c1-19(11-6-7-11)14-13(9-2-4-10(16)5-3-9)18-12(8-17-14)15(20)21/h2-5,8,11H,6-7H2,1H3,(H,20,21). The van der Waals surface area contributed by atoms with Gasteiger partial charge in [-0.2, -0.15) is 0 Å². The van der Waals surface area contributed by atoms with Gasteiger partial charge in [0.05, 0.1) is 6.20 Å². The highest BCUT2D eigenvalue weighted by Crippen LogP contribution is 2.34. The van der Waals surface area contributed by atoms with Crippen molar-refractivity contribution >= 4 is 23.4 Å². The van der Waals surface area contributed by atoms with Gasteiger partial charge in [-0.05, 0) is 25.0 Å². The zero-order valence-electron chi connectivity index (χ0n) is 11.5. The number of halogens is 1. The Morgan fingerprint density at radius 1 is 1.33 bits per heavy atom. The van der Waals surface area contributed by atoms with Crippen molar-refractivity contribution in [1.82, 2.24) is 9.97 Å². The van der Waals surface area contributed by atoms with Crippen molar-refractivity contribution in [3.63, 3.8) is 0 Å². The fraction of sp³-hybridized carbons (Fsp3) is 0.267. The van der Waals surface area contributed by atoms with Crippen LogP contribution in [0.4, 0.5) is 5.82 Å². The summed E-state index contributed by atoms with van der Waals surface area (Å²) in [5, 5.41) is 9.74. The molecule has 3 rings (SSSR count). The van der Waals surface area contributed by atoms with Crippen LogP contribution in [0.5, 0.6) is 0 Å². The van der Waals surface area contributed by atoms with Crippen molar-refractivity contribution in [2.75, 3.05) is 11.9 Å². The number of aromatic carboxylic acids is 1. The zero-order chi connectivity index (χ0) is 15.0. The van der Waals surface area contributed by atoms with Gasteiger partial charge in [0.2, 0.25) is 0 Å². The number of anilines is 1. The third-order valence-corrected chi connectivity index (χ3v) is 3.77. The lowest BCUT2D eigenvalue weighted by Gasteiger charge is -2.20. The first-order chi connectivity index (χ1) is 10.1. The molecule has 0 atom stereocenters. The summed E-state index contributed by atoms with van der Waals surface area (Å²) in [5.41, 5.74) is 1.31. The van der Waals surface area contributed by atoms with Gasteiger partial charge in [0, 0.05) is 23.7 Å². The minimum Gasteiger partial charge on any atom is -0.476 e. The van der Waals surface area contributed by atoms with E-state index in [0.717, 1.165) is 18.4 Å². The molecule has 1 heterocycles. The average Bonchev–Trinajstić information content (AvgIpc) is 3.31. The van der Waals surface area contributed by atoms with Crippen molar-refractivity contribution in [2.24, 2.45) is 0 Å². The number of carbonyl (C=O) groups is 1. The van der Waals surface area contributed by atoms with Crippen molar-refractivity contribution in [1.29, 1.82) is 0 Å². The highest BCUT2D eigenvalue weighted by molar-refractivity contribution is 6.30. The fourth-order valence-electron chi connectivity index (χ4n) is 2.18. The van der Waals surface area contributed by atoms with Crippen LogP contribution >= 0.6 is 11.6 Å². The molecule has 0 saturated heterocycles. The summed E-state index contributed by atoms with van der Waals surface area (Å²) in [4.78, 5) is 21.8. The number of benzene rings is 1. The second kappa shape index (κ2) is 5.33. The second-order valence-electron chi connectivity index (χ2n) is 5.08. The Balaban J connectivity index is 2.11. The molecule has 1 aromatic heterocycles. The maximum Gasteiger partial charge on any atom is 0.356 e. The first kappa shape index (κ1) is 13.8. The lowest BCUT2D eigenvalue weighted by Crippen LogP contribution is -2.22. The zero-order valence-corrected chi connectivity index (χ0v) is 12.2. The highest BCUT2D eigenvalue weighted by Gasteiger charge is 2.29. The molecule has 0 unspecified atom stereocenters. The number of hydrogen-bond donors (Lipinski definition) is 1. The molecule has 0 bridgehead atoms. The topological polar surface area (TPSA) is 66.3 Å². The third-order valence-electron chi connectivity index (χ3n) is 3.52. The quantitative estimate of drug-likeness (QED) is 0.940. The Kier molecular flexibility index (Phi) is 3.51. The number of carboxylic acids is 1. The normalized spacial score (nSPS) is 14.0. The van der Waals surface area contributed by atoms with Gasteiger partial charge in [0.25, 0.3) is 0 Å². The molecule has 1 aliphatic carbocycles. The van der Waals surface area contributed by atoms with Gasteiger partial charge in [-0.3, -0.25) is 0 Å². The van der Waals surface area contributed by atoms with Gasteiger partial charge in [0.1, 0.15) is 5.69 Å². The maximum absolute atomic E-state index is 11.1. The van der Waals surface area contributed by atoms with Crippen LogP contribution in [0.15, 0.2) is 30.5 Å². The molecule has 1 aliphatic rings.